The summed E-state index contributed by atoms with van der Waals surface area (Å²) in [4.78, 5) is 5.27. The molecule has 18 heavy (non-hydrogen) atoms. The Morgan fingerprint density at radius 1 is 1.17 bits per heavy atom. The first-order chi connectivity index (χ1) is 8.60. The van der Waals surface area contributed by atoms with E-state index in [1.807, 2.05) is 0 Å². The normalized spacial score (nSPS) is 31.7. The lowest BCUT2D eigenvalue weighted by atomic mass is 9.87. The largest absolute Gasteiger partial charge is 0.308 e. The predicted molar refractivity (Wildman–Crippen MR) is 78.0 cm³/mol. The van der Waals surface area contributed by atoms with Gasteiger partial charge in [0, 0.05) is 30.7 Å². The first kappa shape index (κ1) is 14.3. The van der Waals surface area contributed by atoms with Gasteiger partial charge in [-0.2, -0.15) is 0 Å². The molecule has 0 saturated carbocycles. The molecule has 2 rings (SSSR count). The van der Waals surface area contributed by atoms with Gasteiger partial charge in [-0.3, -0.25) is 4.90 Å². The Labute approximate surface area is 113 Å². The van der Waals surface area contributed by atoms with E-state index in [-0.39, 0.29) is 0 Å². The quantitative estimate of drug-likeness (QED) is 0.829. The number of rotatable bonds is 3. The molecule has 2 heterocycles. The van der Waals surface area contributed by atoms with Crippen LogP contribution in [0.15, 0.2) is 0 Å². The second kappa shape index (κ2) is 5.89. The van der Waals surface area contributed by atoms with Crippen molar-refractivity contribution in [3.8, 4) is 0 Å². The third-order valence-corrected chi connectivity index (χ3v) is 5.33. The van der Waals surface area contributed by atoms with Crippen LogP contribution in [-0.2, 0) is 0 Å². The van der Waals surface area contributed by atoms with Crippen molar-refractivity contribution < 1.29 is 0 Å². The van der Waals surface area contributed by atoms with E-state index in [9.17, 15) is 0 Å². The van der Waals surface area contributed by atoms with E-state index >= 15 is 0 Å². The van der Waals surface area contributed by atoms with Gasteiger partial charge in [0.15, 0.2) is 0 Å². The molecular weight excluding hydrogens is 222 g/mol. The van der Waals surface area contributed by atoms with Crippen molar-refractivity contribution in [2.45, 2.75) is 64.1 Å². The van der Waals surface area contributed by atoms with Crippen LogP contribution in [0.1, 0.15) is 46.5 Å². The van der Waals surface area contributed by atoms with Crippen LogP contribution in [0.4, 0.5) is 0 Å². The van der Waals surface area contributed by atoms with Crippen molar-refractivity contribution in [1.82, 2.24) is 15.1 Å². The SMILES string of the molecule is CCC1(CC)CN(C2CCN(C)CC2)C(C)CN1. The number of piperidine rings is 1. The van der Waals surface area contributed by atoms with Crippen molar-refractivity contribution in [3.05, 3.63) is 0 Å². The number of hydrogen-bond acceptors (Lipinski definition) is 3. The van der Waals surface area contributed by atoms with Gasteiger partial charge < -0.3 is 10.2 Å². The van der Waals surface area contributed by atoms with Gasteiger partial charge in [0.05, 0.1) is 0 Å². The van der Waals surface area contributed by atoms with E-state index in [4.69, 9.17) is 0 Å². The summed E-state index contributed by atoms with van der Waals surface area (Å²) in [6.07, 6.45) is 5.20. The topological polar surface area (TPSA) is 18.5 Å². The number of likely N-dealkylation sites (tertiary alicyclic amines) is 1. The van der Waals surface area contributed by atoms with Gasteiger partial charge in [-0.15, -0.1) is 0 Å². The zero-order chi connectivity index (χ0) is 13.2. The van der Waals surface area contributed by atoms with Crippen LogP contribution in [-0.4, -0.2) is 60.6 Å². The summed E-state index contributed by atoms with van der Waals surface area (Å²) in [7, 11) is 2.25. The Kier molecular flexibility index (Phi) is 4.68. The van der Waals surface area contributed by atoms with Crippen molar-refractivity contribution in [3.63, 3.8) is 0 Å². The maximum absolute atomic E-state index is 3.81. The van der Waals surface area contributed by atoms with Crippen LogP contribution in [0.2, 0.25) is 0 Å². The first-order valence-electron chi connectivity index (χ1n) is 7.79. The molecule has 1 unspecified atom stereocenters. The summed E-state index contributed by atoms with van der Waals surface area (Å²) in [5, 5.41) is 3.81. The average molecular weight is 253 g/mol. The van der Waals surface area contributed by atoms with Crippen LogP contribution in [0.5, 0.6) is 0 Å². The minimum Gasteiger partial charge on any atom is -0.308 e. The molecule has 1 N–H and O–H groups in total. The van der Waals surface area contributed by atoms with Crippen LogP contribution in [0.3, 0.4) is 0 Å². The molecule has 3 nitrogen and oxygen atoms in total. The highest BCUT2D eigenvalue weighted by molar-refractivity contribution is 4.98. The van der Waals surface area contributed by atoms with Gasteiger partial charge in [-0.25, -0.2) is 0 Å². The fourth-order valence-electron chi connectivity index (χ4n) is 3.58. The summed E-state index contributed by atoms with van der Waals surface area (Å²) >= 11 is 0. The Bertz CT molecular complexity index is 254. The van der Waals surface area contributed by atoms with Gasteiger partial charge in [0.25, 0.3) is 0 Å². The summed E-state index contributed by atoms with van der Waals surface area (Å²) in [6.45, 7) is 12.0. The van der Waals surface area contributed by atoms with Crippen molar-refractivity contribution in [1.29, 1.82) is 0 Å². The number of nitrogens with zero attached hydrogens (tertiary/aromatic N) is 2. The molecule has 2 fully saturated rings. The fourth-order valence-corrected chi connectivity index (χ4v) is 3.58. The van der Waals surface area contributed by atoms with Crippen molar-refractivity contribution >= 4 is 0 Å². The highest BCUT2D eigenvalue weighted by atomic mass is 15.3. The average Bonchev–Trinajstić information content (AvgIpc) is 2.41. The van der Waals surface area contributed by atoms with E-state index < -0.39 is 0 Å². The van der Waals surface area contributed by atoms with Crippen LogP contribution in [0, 0.1) is 0 Å². The van der Waals surface area contributed by atoms with Gasteiger partial charge in [0.2, 0.25) is 0 Å². The summed E-state index contributed by atoms with van der Waals surface area (Å²) in [5.74, 6) is 0. The Morgan fingerprint density at radius 3 is 2.33 bits per heavy atom. The molecule has 0 aliphatic carbocycles. The third-order valence-electron chi connectivity index (χ3n) is 5.33. The second-order valence-corrected chi connectivity index (χ2v) is 6.42. The van der Waals surface area contributed by atoms with Gasteiger partial charge in [-0.05, 0) is 52.7 Å². The lowest BCUT2D eigenvalue weighted by Crippen LogP contribution is -2.65. The zero-order valence-corrected chi connectivity index (χ0v) is 12.7. The predicted octanol–water partition coefficient (Wildman–Crippen LogP) is 1.93. The highest BCUT2D eigenvalue weighted by Gasteiger charge is 2.38. The lowest BCUT2D eigenvalue weighted by molar-refractivity contribution is 0.0205. The second-order valence-electron chi connectivity index (χ2n) is 6.42. The molecule has 0 bridgehead atoms. The first-order valence-corrected chi connectivity index (χ1v) is 7.79. The number of piperazine rings is 1. The number of hydrogen-bond donors (Lipinski definition) is 1. The van der Waals surface area contributed by atoms with Crippen molar-refractivity contribution in [2.24, 2.45) is 0 Å². The van der Waals surface area contributed by atoms with Crippen LogP contribution in [0.25, 0.3) is 0 Å². The van der Waals surface area contributed by atoms with E-state index in [0.29, 0.717) is 11.6 Å². The fraction of sp³-hybridized carbons (Fsp3) is 1.00. The summed E-state index contributed by atoms with van der Waals surface area (Å²) < 4.78 is 0. The van der Waals surface area contributed by atoms with Crippen LogP contribution < -0.4 is 5.32 Å². The molecule has 2 saturated heterocycles. The highest BCUT2D eigenvalue weighted by Crippen LogP contribution is 2.27. The maximum atomic E-state index is 3.81. The molecule has 0 radical (unpaired) electrons. The van der Waals surface area contributed by atoms with Gasteiger partial charge in [-0.1, -0.05) is 13.8 Å². The Hall–Kier alpha value is -0.120. The summed E-state index contributed by atoms with van der Waals surface area (Å²) in [6, 6.07) is 1.51. The lowest BCUT2D eigenvalue weighted by Gasteiger charge is -2.51. The standard InChI is InChI=1S/C15H31N3/c1-5-15(6-2)12-18(13(3)11-16-15)14-7-9-17(4)10-8-14/h13-14,16H,5-12H2,1-4H3. The molecule has 0 spiro atoms. The smallest absolute Gasteiger partial charge is 0.0304 e. The molecule has 0 aromatic carbocycles. The Morgan fingerprint density at radius 2 is 1.78 bits per heavy atom. The number of nitrogens with one attached hydrogen (secondary N) is 1. The van der Waals surface area contributed by atoms with E-state index in [2.05, 4.69) is 42.9 Å². The molecule has 3 heteroatoms. The molecule has 0 aromatic rings. The van der Waals surface area contributed by atoms with Crippen molar-refractivity contribution in [2.75, 3.05) is 33.2 Å². The monoisotopic (exact) mass is 253 g/mol. The molecular formula is C15H31N3. The molecule has 1 atom stereocenters. The minimum atomic E-state index is 0.371. The van der Waals surface area contributed by atoms with E-state index in [0.717, 1.165) is 12.6 Å². The van der Waals surface area contributed by atoms with E-state index in [1.54, 1.807) is 0 Å². The van der Waals surface area contributed by atoms with E-state index in [1.165, 1.54) is 45.3 Å². The summed E-state index contributed by atoms with van der Waals surface area (Å²) in [5.41, 5.74) is 0.371. The zero-order valence-electron chi connectivity index (χ0n) is 12.7. The maximum Gasteiger partial charge on any atom is 0.0304 e. The Balaban J connectivity index is 2.01. The molecule has 106 valence electrons. The molecule has 2 aliphatic heterocycles. The molecule has 0 aromatic heterocycles. The third kappa shape index (κ3) is 2.89. The van der Waals surface area contributed by atoms with Crippen LogP contribution >= 0.6 is 0 Å². The van der Waals surface area contributed by atoms with Gasteiger partial charge >= 0.3 is 0 Å². The molecule has 0 amide bonds. The minimum absolute atomic E-state index is 0.371. The van der Waals surface area contributed by atoms with Gasteiger partial charge in [0.1, 0.15) is 0 Å². The molecule has 2 aliphatic rings.